The van der Waals surface area contributed by atoms with Gasteiger partial charge in [-0.15, -0.1) is 5.10 Å². The first kappa shape index (κ1) is 11.9. The number of nitrogens with zero attached hydrogens (tertiary/aromatic N) is 2. The Morgan fingerprint density at radius 2 is 2.50 bits per heavy atom. The highest BCUT2D eigenvalue weighted by Crippen LogP contribution is 2.09. The third-order valence-corrected chi connectivity index (χ3v) is 3.14. The lowest BCUT2D eigenvalue weighted by Gasteiger charge is -2.22. The van der Waals surface area contributed by atoms with Gasteiger partial charge in [-0.3, -0.25) is 0 Å². The fourth-order valence-electron chi connectivity index (χ4n) is 1.08. The molecule has 1 atom stereocenters. The average Bonchev–Trinajstić information content (AvgIpc) is 2.56. The molecule has 80 valence electrons. The monoisotopic (exact) mass is 233 g/mol. The molecule has 14 heavy (non-hydrogen) atoms. The number of hydrogen-bond acceptors (Lipinski definition) is 6. The molecular weight excluding hydrogens is 218 g/mol. The summed E-state index contributed by atoms with van der Waals surface area (Å²) >= 11 is 2.98. The van der Waals surface area contributed by atoms with E-state index in [1.165, 1.54) is 11.5 Å². The molecule has 1 aromatic heterocycles. The van der Waals surface area contributed by atoms with Crippen molar-refractivity contribution in [2.45, 2.75) is 19.1 Å². The molecule has 4 nitrogen and oxygen atoms in total. The molecule has 0 radical (unpaired) electrons. The van der Waals surface area contributed by atoms with E-state index in [9.17, 15) is 5.11 Å². The van der Waals surface area contributed by atoms with E-state index in [0.29, 0.717) is 13.1 Å². The fraction of sp³-hybridized carbons (Fsp3) is 0.750. The predicted molar refractivity (Wildman–Crippen MR) is 60.6 cm³/mol. The molecule has 0 spiro atoms. The van der Waals surface area contributed by atoms with Crippen molar-refractivity contribution in [2.75, 3.05) is 18.6 Å². The summed E-state index contributed by atoms with van der Waals surface area (Å²) in [6.45, 7) is 3.07. The summed E-state index contributed by atoms with van der Waals surface area (Å²) in [5, 5.41) is 18.8. The van der Waals surface area contributed by atoms with E-state index in [4.69, 9.17) is 0 Å². The van der Waals surface area contributed by atoms with Crippen LogP contribution in [0.15, 0.2) is 5.38 Å². The molecule has 0 aliphatic rings. The molecule has 2 N–H and O–H groups in total. The Bertz CT molecular complexity index is 251. The highest BCUT2D eigenvalue weighted by atomic mass is 32.2. The summed E-state index contributed by atoms with van der Waals surface area (Å²) in [5.41, 5.74) is 0.276. The average molecular weight is 233 g/mol. The molecule has 0 bridgehead atoms. The maximum absolute atomic E-state index is 9.83. The molecule has 1 unspecified atom stereocenters. The van der Waals surface area contributed by atoms with E-state index in [2.05, 4.69) is 14.9 Å². The molecule has 0 fully saturated rings. The Morgan fingerprint density at radius 1 is 1.71 bits per heavy atom. The zero-order valence-corrected chi connectivity index (χ0v) is 9.99. The van der Waals surface area contributed by atoms with Gasteiger partial charge in [0.25, 0.3) is 0 Å². The van der Waals surface area contributed by atoms with Crippen LogP contribution in [0.1, 0.15) is 12.6 Å². The maximum atomic E-state index is 9.83. The van der Waals surface area contributed by atoms with Crippen LogP contribution in [-0.2, 0) is 6.54 Å². The van der Waals surface area contributed by atoms with Crippen LogP contribution in [0, 0.1) is 0 Å². The number of nitrogens with one attached hydrogen (secondary N) is 1. The highest BCUT2D eigenvalue weighted by molar-refractivity contribution is 7.98. The second-order valence-corrected chi connectivity index (χ2v) is 4.91. The maximum Gasteiger partial charge on any atom is 0.0893 e. The first-order valence-electron chi connectivity index (χ1n) is 4.32. The SMILES string of the molecule is CSCC(C)(O)CNCc1csnn1. The van der Waals surface area contributed by atoms with Crippen LogP contribution in [-0.4, -0.2) is 38.8 Å². The van der Waals surface area contributed by atoms with Gasteiger partial charge in [-0.05, 0) is 24.7 Å². The van der Waals surface area contributed by atoms with E-state index < -0.39 is 5.60 Å². The van der Waals surface area contributed by atoms with E-state index in [-0.39, 0.29) is 0 Å². The second-order valence-electron chi connectivity index (χ2n) is 3.43. The van der Waals surface area contributed by atoms with Crippen molar-refractivity contribution in [3.63, 3.8) is 0 Å². The van der Waals surface area contributed by atoms with Gasteiger partial charge in [-0.2, -0.15) is 11.8 Å². The Kier molecular flexibility index (Phi) is 4.80. The van der Waals surface area contributed by atoms with Gasteiger partial charge in [0.05, 0.1) is 11.3 Å². The van der Waals surface area contributed by atoms with Crippen molar-refractivity contribution >= 4 is 23.3 Å². The molecule has 0 aliphatic heterocycles. The third kappa shape index (κ3) is 4.36. The quantitative estimate of drug-likeness (QED) is 0.759. The van der Waals surface area contributed by atoms with E-state index in [1.807, 2.05) is 18.6 Å². The lowest BCUT2D eigenvalue weighted by Crippen LogP contribution is -2.39. The zero-order valence-electron chi connectivity index (χ0n) is 8.36. The Morgan fingerprint density at radius 3 is 3.07 bits per heavy atom. The van der Waals surface area contributed by atoms with Gasteiger partial charge in [0.15, 0.2) is 0 Å². The van der Waals surface area contributed by atoms with Gasteiger partial charge < -0.3 is 10.4 Å². The molecule has 0 amide bonds. The van der Waals surface area contributed by atoms with Crippen molar-refractivity contribution in [2.24, 2.45) is 0 Å². The summed E-state index contributed by atoms with van der Waals surface area (Å²) in [6.07, 6.45) is 1.98. The van der Waals surface area contributed by atoms with Crippen LogP contribution in [0.4, 0.5) is 0 Å². The summed E-state index contributed by atoms with van der Waals surface area (Å²) in [5.74, 6) is 0.731. The Hall–Kier alpha value is -0.170. The predicted octanol–water partition coefficient (Wildman–Crippen LogP) is 0.742. The van der Waals surface area contributed by atoms with Crippen molar-refractivity contribution in [3.8, 4) is 0 Å². The highest BCUT2D eigenvalue weighted by Gasteiger charge is 2.18. The van der Waals surface area contributed by atoms with Crippen LogP contribution in [0.25, 0.3) is 0 Å². The molecule has 1 rings (SSSR count). The summed E-state index contributed by atoms with van der Waals surface area (Å²) in [7, 11) is 0. The van der Waals surface area contributed by atoms with Crippen LogP contribution >= 0.6 is 23.3 Å². The molecule has 6 heteroatoms. The standard InChI is InChI=1S/C8H15N3OS2/c1-8(12,6-13-2)5-9-3-7-4-14-11-10-7/h4,9,12H,3,5-6H2,1-2H3. The molecule has 0 saturated heterocycles. The number of hydrogen-bond donors (Lipinski definition) is 2. The van der Waals surface area contributed by atoms with Crippen LogP contribution in [0.5, 0.6) is 0 Å². The van der Waals surface area contributed by atoms with E-state index in [0.717, 1.165) is 11.4 Å². The smallest absolute Gasteiger partial charge is 0.0893 e. The molecule has 1 aromatic rings. The van der Waals surface area contributed by atoms with Crippen LogP contribution < -0.4 is 5.32 Å². The summed E-state index contributed by atoms with van der Waals surface area (Å²) in [6, 6.07) is 0. The number of rotatable bonds is 6. The molecular formula is C8H15N3OS2. The van der Waals surface area contributed by atoms with Crippen molar-refractivity contribution in [1.82, 2.24) is 14.9 Å². The van der Waals surface area contributed by atoms with Gasteiger partial charge >= 0.3 is 0 Å². The third-order valence-electron chi connectivity index (χ3n) is 1.67. The Labute approximate surface area is 92.3 Å². The number of thioether (sulfide) groups is 1. The minimum Gasteiger partial charge on any atom is -0.388 e. The molecule has 0 aromatic carbocycles. The lowest BCUT2D eigenvalue weighted by atomic mass is 10.1. The van der Waals surface area contributed by atoms with Gasteiger partial charge in [0, 0.05) is 24.2 Å². The molecule has 0 saturated carbocycles. The second kappa shape index (κ2) is 5.65. The molecule has 0 aliphatic carbocycles. The minimum atomic E-state index is -0.650. The van der Waals surface area contributed by atoms with Crippen molar-refractivity contribution in [1.29, 1.82) is 0 Å². The lowest BCUT2D eigenvalue weighted by molar-refractivity contribution is 0.0845. The van der Waals surface area contributed by atoms with E-state index in [1.54, 1.807) is 11.8 Å². The van der Waals surface area contributed by atoms with Crippen molar-refractivity contribution < 1.29 is 5.11 Å². The van der Waals surface area contributed by atoms with Gasteiger partial charge in [0.1, 0.15) is 0 Å². The van der Waals surface area contributed by atoms with Crippen LogP contribution in [0.3, 0.4) is 0 Å². The summed E-state index contributed by atoms with van der Waals surface area (Å²) < 4.78 is 3.76. The van der Waals surface area contributed by atoms with Gasteiger partial charge in [-0.1, -0.05) is 4.49 Å². The number of aromatic nitrogens is 2. The first-order chi connectivity index (χ1) is 6.64. The normalized spacial score (nSPS) is 15.4. The van der Waals surface area contributed by atoms with E-state index >= 15 is 0 Å². The molecule has 1 heterocycles. The first-order valence-corrected chi connectivity index (χ1v) is 6.55. The Balaban J connectivity index is 2.20. The van der Waals surface area contributed by atoms with Crippen LogP contribution in [0.2, 0.25) is 0 Å². The largest absolute Gasteiger partial charge is 0.388 e. The minimum absolute atomic E-state index is 0.575. The van der Waals surface area contributed by atoms with Gasteiger partial charge in [-0.25, -0.2) is 0 Å². The van der Waals surface area contributed by atoms with Crippen molar-refractivity contribution in [3.05, 3.63) is 11.1 Å². The fourth-order valence-corrected chi connectivity index (χ4v) is 2.26. The summed E-state index contributed by atoms with van der Waals surface area (Å²) in [4.78, 5) is 0. The number of aliphatic hydroxyl groups is 1. The topological polar surface area (TPSA) is 58.0 Å². The van der Waals surface area contributed by atoms with Gasteiger partial charge in [0.2, 0.25) is 0 Å². The zero-order chi connectivity index (χ0) is 10.4.